The number of nitrogens with zero attached hydrogens (tertiary/aromatic N) is 3. The van der Waals surface area contributed by atoms with Crippen LogP contribution in [0.2, 0.25) is 0 Å². The number of fused-ring (bicyclic) bond motifs is 1. The zero-order valence-corrected chi connectivity index (χ0v) is 16.0. The number of hydrogen-bond donors (Lipinski definition) is 1. The summed E-state index contributed by atoms with van der Waals surface area (Å²) in [5.74, 6) is 1.88. The van der Waals surface area contributed by atoms with Crippen LogP contribution in [0.1, 0.15) is 33.7 Å². The van der Waals surface area contributed by atoms with E-state index in [1.54, 1.807) is 4.90 Å². The molecule has 1 amide bonds. The molecule has 0 unspecified atom stereocenters. The highest BCUT2D eigenvalue weighted by Crippen LogP contribution is 2.27. The smallest absolute Gasteiger partial charge is 0.270 e. The number of aromatic amines is 1. The van der Waals surface area contributed by atoms with E-state index in [1.807, 2.05) is 61.5 Å². The Labute approximate surface area is 167 Å². The molecular weight excluding hydrogens is 368 g/mol. The normalized spacial score (nSPS) is 14.2. The molecule has 1 aliphatic rings. The molecule has 5 rings (SSSR count). The average Bonchev–Trinajstić information content (AvgIpc) is 3.33. The van der Waals surface area contributed by atoms with Gasteiger partial charge in [0.2, 0.25) is 0 Å². The molecule has 1 N–H and O–H groups in total. The fraction of sp³-hybridized carbons (Fsp3) is 0.227. The van der Waals surface area contributed by atoms with Crippen LogP contribution in [0.3, 0.4) is 0 Å². The van der Waals surface area contributed by atoms with E-state index in [1.165, 1.54) is 5.56 Å². The van der Waals surface area contributed by atoms with Gasteiger partial charge in [0.1, 0.15) is 11.4 Å². The van der Waals surface area contributed by atoms with Crippen LogP contribution in [0.25, 0.3) is 10.9 Å². The van der Waals surface area contributed by atoms with Crippen LogP contribution in [0.5, 0.6) is 5.75 Å². The quantitative estimate of drug-likeness (QED) is 0.564. The van der Waals surface area contributed by atoms with Crippen molar-refractivity contribution in [3.8, 4) is 5.75 Å². The van der Waals surface area contributed by atoms with Gasteiger partial charge in [-0.1, -0.05) is 41.1 Å². The first-order valence-corrected chi connectivity index (χ1v) is 9.55. The fourth-order valence-corrected chi connectivity index (χ4v) is 3.44. The molecule has 3 heterocycles. The Morgan fingerprint density at radius 3 is 2.79 bits per heavy atom. The largest absolute Gasteiger partial charge is 0.484 e. The summed E-state index contributed by atoms with van der Waals surface area (Å²) in [6, 6.07) is 17.5. The van der Waals surface area contributed by atoms with E-state index in [0.717, 1.165) is 16.7 Å². The summed E-state index contributed by atoms with van der Waals surface area (Å²) in [7, 11) is 0. The number of likely N-dealkylation sites (tertiary alicyclic amines) is 1. The van der Waals surface area contributed by atoms with Crippen molar-refractivity contribution in [2.24, 2.45) is 0 Å². The highest BCUT2D eigenvalue weighted by molar-refractivity contribution is 5.98. The first kappa shape index (κ1) is 17.5. The van der Waals surface area contributed by atoms with Gasteiger partial charge in [-0.3, -0.25) is 4.79 Å². The van der Waals surface area contributed by atoms with E-state index in [2.05, 4.69) is 15.1 Å². The second kappa shape index (κ2) is 7.09. The van der Waals surface area contributed by atoms with Gasteiger partial charge in [-0.2, -0.15) is 4.98 Å². The molecule has 0 saturated carbocycles. The second-order valence-electron chi connectivity index (χ2n) is 7.33. The van der Waals surface area contributed by atoms with Crippen molar-refractivity contribution < 1.29 is 14.1 Å². The number of hydrogen-bond acceptors (Lipinski definition) is 5. The van der Waals surface area contributed by atoms with Crippen molar-refractivity contribution in [1.82, 2.24) is 20.0 Å². The highest BCUT2D eigenvalue weighted by Gasteiger charge is 2.35. The van der Waals surface area contributed by atoms with E-state index in [-0.39, 0.29) is 18.4 Å². The van der Waals surface area contributed by atoms with Crippen molar-refractivity contribution in [3.63, 3.8) is 0 Å². The number of H-pyrrole nitrogens is 1. The van der Waals surface area contributed by atoms with Gasteiger partial charge < -0.3 is 19.1 Å². The summed E-state index contributed by atoms with van der Waals surface area (Å²) in [6.07, 6.45) is 0. The lowest BCUT2D eigenvalue weighted by Crippen LogP contribution is -2.48. The zero-order chi connectivity index (χ0) is 19.8. The molecule has 2 aromatic heterocycles. The van der Waals surface area contributed by atoms with E-state index in [0.29, 0.717) is 30.5 Å². The van der Waals surface area contributed by atoms with Crippen molar-refractivity contribution in [2.75, 3.05) is 13.1 Å². The number of carbonyl (C=O) groups is 1. The maximum atomic E-state index is 12.7. The van der Waals surface area contributed by atoms with E-state index in [4.69, 9.17) is 9.26 Å². The molecule has 1 aliphatic heterocycles. The molecule has 7 heteroatoms. The molecule has 0 spiro atoms. The molecule has 1 saturated heterocycles. The van der Waals surface area contributed by atoms with Crippen LogP contribution in [0.4, 0.5) is 0 Å². The maximum Gasteiger partial charge on any atom is 0.270 e. The summed E-state index contributed by atoms with van der Waals surface area (Å²) >= 11 is 0. The maximum absolute atomic E-state index is 12.7. The number of rotatable bonds is 5. The lowest BCUT2D eigenvalue weighted by molar-refractivity contribution is 0.0587. The number of nitrogens with one attached hydrogen (secondary N) is 1. The highest BCUT2D eigenvalue weighted by atomic mass is 16.5. The van der Waals surface area contributed by atoms with Crippen LogP contribution in [0.15, 0.2) is 59.1 Å². The van der Waals surface area contributed by atoms with Crippen LogP contribution >= 0.6 is 0 Å². The van der Waals surface area contributed by atoms with Gasteiger partial charge in [0.15, 0.2) is 12.4 Å². The van der Waals surface area contributed by atoms with Gasteiger partial charge in [0, 0.05) is 24.0 Å². The number of aryl methyl sites for hydroxylation is 1. The number of para-hydroxylation sites is 1. The number of aromatic nitrogens is 3. The molecule has 0 aliphatic carbocycles. The molecule has 146 valence electrons. The summed E-state index contributed by atoms with van der Waals surface area (Å²) in [6.45, 7) is 3.40. The van der Waals surface area contributed by atoms with Gasteiger partial charge in [0.25, 0.3) is 11.8 Å². The van der Waals surface area contributed by atoms with Crippen molar-refractivity contribution >= 4 is 16.8 Å². The van der Waals surface area contributed by atoms with Crippen molar-refractivity contribution in [2.45, 2.75) is 19.4 Å². The standard InChI is InChI=1S/C22H20N4O3/c1-14-6-8-17(9-7-14)28-13-20-24-21(25-29-20)16-11-26(12-16)22(27)19-10-15-4-2-3-5-18(15)23-19/h2-10,16,23H,11-13H2,1H3. The van der Waals surface area contributed by atoms with Crippen molar-refractivity contribution in [1.29, 1.82) is 0 Å². The van der Waals surface area contributed by atoms with Crippen molar-refractivity contribution in [3.05, 3.63) is 77.6 Å². The lowest BCUT2D eigenvalue weighted by atomic mass is 9.99. The minimum atomic E-state index is -0.0103. The summed E-state index contributed by atoms with van der Waals surface area (Å²) in [5, 5.41) is 5.09. The molecule has 0 atom stereocenters. The first-order valence-electron chi connectivity index (χ1n) is 9.55. The van der Waals surface area contributed by atoms with E-state index in [9.17, 15) is 4.79 Å². The predicted molar refractivity (Wildman–Crippen MR) is 107 cm³/mol. The minimum absolute atomic E-state index is 0.0103. The van der Waals surface area contributed by atoms with Gasteiger partial charge in [-0.25, -0.2) is 0 Å². The van der Waals surface area contributed by atoms with Gasteiger partial charge in [-0.15, -0.1) is 0 Å². The van der Waals surface area contributed by atoms with Gasteiger partial charge >= 0.3 is 0 Å². The third-order valence-corrected chi connectivity index (χ3v) is 5.16. The number of ether oxygens (including phenoxy) is 1. The average molecular weight is 388 g/mol. The molecule has 4 aromatic rings. The van der Waals surface area contributed by atoms with Crippen LogP contribution in [0, 0.1) is 6.92 Å². The Morgan fingerprint density at radius 1 is 1.21 bits per heavy atom. The summed E-state index contributed by atoms with van der Waals surface area (Å²) in [4.78, 5) is 22.1. The van der Waals surface area contributed by atoms with E-state index < -0.39 is 0 Å². The topological polar surface area (TPSA) is 84.2 Å². The molecule has 7 nitrogen and oxygen atoms in total. The lowest BCUT2D eigenvalue weighted by Gasteiger charge is -2.37. The fourth-order valence-electron chi connectivity index (χ4n) is 3.44. The molecule has 0 radical (unpaired) electrons. The predicted octanol–water partition coefficient (Wildman–Crippen LogP) is 3.68. The Balaban J connectivity index is 1.17. The molecule has 0 bridgehead atoms. The monoisotopic (exact) mass is 388 g/mol. The van der Waals surface area contributed by atoms with E-state index >= 15 is 0 Å². The summed E-state index contributed by atoms with van der Waals surface area (Å²) < 4.78 is 11.0. The first-order chi connectivity index (χ1) is 14.2. The van der Waals surface area contributed by atoms with Gasteiger partial charge in [-0.05, 0) is 31.2 Å². The molecular formula is C22H20N4O3. The third kappa shape index (κ3) is 3.47. The Bertz CT molecular complexity index is 1120. The van der Waals surface area contributed by atoms with Crippen LogP contribution < -0.4 is 4.74 Å². The number of amides is 1. The molecule has 1 fully saturated rings. The zero-order valence-electron chi connectivity index (χ0n) is 16.0. The van der Waals surface area contributed by atoms with Gasteiger partial charge in [0.05, 0.1) is 5.92 Å². The number of benzene rings is 2. The number of carbonyl (C=O) groups excluding carboxylic acids is 1. The molecule has 29 heavy (non-hydrogen) atoms. The molecule has 2 aromatic carbocycles. The Morgan fingerprint density at radius 2 is 2.00 bits per heavy atom. The minimum Gasteiger partial charge on any atom is -0.484 e. The van der Waals surface area contributed by atoms with Crippen LogP contribution in [-0.2, 0) is 6.61 Å². The summed E-state index contributed by atoms with van der Waals surface area (Å²) in [5.41, 5.74) is 2.74. The van der Waals surface area contributed by atoms with Crippen LogP contribution in [-0.4, -0.2) is 39.0 Å². The third-order valence-electron chi connectivity index (χ3n) is 5.16. The Kier molecular flexibility index (Phi) is 4.27. The Hall–Kier alpha value is -3.61. The second-order valence-corrected chi connectivity index (χ2v) is 7.33. The SMILES string of the molecule is Cc1ccc(OCc2nc(C3CN(C(=O)c4cc5ccccc5[nH]4)C3)no2)cc1.